The molecule has 0 fully saturated rings. The number of halogens is 1. The molecule has 0 spiro atoms. The van der Waals surface area contributed by atoms with Gasteiger partial charge in [-0.3, -0.25) is 9.59 Å². The van der Waals surface area contributed by atoms with Crippen molar-refractivity contribution >= 4 is 33.3 Å². The second kappa shape index (κ2) is 8.06. The lowest BCUT2D eigenvalue weighted by Gasteiger charge is -2.26. The van der Waals surface area contributed by atoms with Crippen LogP contribution in [0.5, 0.6) is 5.75 Å². The number of ketones is 2. The summed E-state index contributed by atoms with van der Waals surface area (Å²) in [4.78, 5) is 25.4. The maximum absolute atomic E-state index is 12.8. The van der Waals surface area contributed by atoms with Gasteiger partial charge >= 0.3 is 0 Å². The van der Waals surface area contributed by atoms with Crippen LogP contribution in [0.4, 0.5) is 0 Å². The van der Waals surface area contributed by atoms with E-state index in [-0.39, 0.29) is 22.6 Å². The number of rotatable bonds is 6. The lowest BCUT2D eigenvalue weighted by Crippen LogP contribution is -2.34. The number of carbonyl (C=O) groups excluding carboxylic acids is 2. The standard InChI is InChI=1S/C21H20BrNO4/c1-2-3-10-23-18(15-11-12(22)8-9-16(15)24)17-19(25)13-6-4-5-7-14(13)20(26)21(17)27/h4-9,11,18,23-25H,2-3,10H2,1H3. The molecule has 140 valence electrons. The van der Waals surface area contributed by atoms with Crippen molar-refractivity contribution in [2.75, 3.05) is 6.54 Å². The first-order valence-corrected chi connectivity index (χ1v) is 9.58. The molecule has 2 aromatic rings. The third kappa shape index (κ3) is 3.68. The van der Waals surface area contributed by atoms with Crippen LogP contribution in [0.2, 0.25) is 0 Å². The zero-order chi connectivity index (χ0) is 19.6. The first-order chi connectivity index (χ1) is 13.0. The van der Waals surface area contributed by atoms with Crippen molar-refractivity contribution in [3.8, 4) is 5.75 Å². The van der Waals surface area contributed by atoms with Gasteiger partial charge in [0.15, 0.2) is 0 Å². The highest BCUT2D eigenvalue weighted by Crippen LogP contribution is 2.38. The van der Waals surface area contributed by atoms with Crippen LogP contribution in [0.15, 0.2) is 52.5 Å². The Hall–Kier alpha value is -2.44. The first-order valence-electron chi connectivity index (χ1n) is 8.79. The number of fused-ring (bicyclic) bond motifs is 1. The van der Waals surface area contributed by atoms with Gasteiger partial charge in [-0.15, -0.1) is 0 Å². The quantitative estimate of drug-likeness (QED) is 0.470. The number of benzene rings is 2. The fraction of sp³-hybridized carbons (Fsp3) is 0.238. The maximum Gasteiger partial charge on any atom is 0.235 e. The van der Waals surface area contributed by atoms with E-state index in [9.17, 15) is 19.8 Å². The van der Waals surface area contributed by atoms with Crippen molar-refractivity contribution in [1.29, 1.82) is 0 Å². The van der Waals surface area contributed by atoms with Crippen LogP contribution in [0.25, 0.3) is 5.76 Å². The molecule has 3 rings (SSSR count). The van der Waals surface area contributed by atoms with Crippen molar-refractivity contribution in [3.63, 3.8) is 0 Å². The van der Waals surface area contributed by atoms with Crippen molar-refractivity contribution in [1.82, 2.24) is 5.32 Å². The average Bonchev–Trinajstić information content (AvgIpc) is 2.67. The molecule has 6 heteroatoms. The minimum atomic E-state index is -0.807. The first kappa shape index (κ1) is 19.3. The Morgan fingerprint density at radius 3 is 2.44 bits per heavy atom. The second-order valence-corrected chi connectivity index (χ2v) is 7.33. The van der Waals surface area contributed by atoms with Crippen molar-refractivity contribution in [3.05, 3.63) is 69.2 Å². The summed E-state index contributed by atoms with van der Waals surface area (Å²) >= 11 is 3.37. The van der Waals surface area contributed by atoms with Crippen LogP contribution in [0.3, 0.4) is 0 Å². The van der Waals surface area contributed by atoms with E-state index in [1.54, 1.807) is 30.3 Å². The fourth-order valence-corrected chi connectivity index (χ4v) is 3.58. The molecule has 2 aromatic carbocycles. The number of carbonyl (C=O) groups is 2. The number of nitrogens with one attached hydrogen (secondary N) is 1. The summed E-state index contributed by atoms with van der Waals surface area (Å²) < 4.78 is 0.715. The Kier molecular flexibility index (Phi) is 5.77. The topological polar surface area (TPSA) is 86.6 Å². The van der Waals surface area contributed by atoms with E-state index in [1.165, 1.54) is 12.1 Å². The summed E-state index contributed by atoms with van der Waals surface area (Å²) in [7, 11) is 0. The van der Waals surface area contributed by atoms with E-state index in [2.05, 4.69) is 21.2 Å². The highest BCUT2D eigenvalue weighted by molar-refractivity contribution is 9.10. The van der Waals surface area contributed by atoms with Gasteiger partial charge in [0.25, 0.3) is 0 Å². The van der Waals surface area contributed by atoms with Crippen LogP contribution in [-0.2, 0) is 4.79 Å². The number of aliphatic hydroxyl groups is 1. The third-order valence-electron chi connectivity index (χ3n) is 4.60. The van der Waals surface area contributed by atoms with Gasteiger partial charge < -0.3 is 15.5 Å². The number of hydrogen-bond acceptors (Lipinski definition) is 5. The van der Waals surface area contributed by atoms with Gasteiger partial charge in [-0.05, 0) is 31.2 Å². The Morgan fingerprint density at radius 1 is 1.04 bits per heavy atom. The fourth-order valence-electron chi connectivity index (χ4n) is 3.20. The number of aliphatic hydroxyl groups excluding tert-OH is 1. The van der Waals surface area contributed by atoms with Gasteiger partial charge in [-0.25, -0.2) is 0 Å². The molecule has 1 aliphatic rings. The van der Waals surface area contributed by atoms with Gasteiger partial charge in [0.05, 0.1) is 11.6 Å². The van der Waals surface area contributed by atoms with E-state index >= 15 is 0 Å². The molecule has 0 aliphatic heterocycles. The minimum absolute atomic E-state index is 0.0217. The largest absolute Gasteiger partial charge is 0.508 e. The van der Waals surface area contributed by atoms with Crippen molar-refractivity contribution in [2.45, 2.75) is 25.8 Å². The van der Waals surface area contributed by atoms with E-state index in [4.69, 9.17) is 0 Å². The predicted molar refractivity (Wildman–Crippen MR) is 107 cm³/mol. The van der Waals surface area contributed by atoms with Crippen molar-refractivity contribution in [2.24, 2.45) is 0 Å². The summed E-state index contributed by atoms with van der Waals surface area (Å²) in [6, 6.07) is 10.5. The van der Waals surface area contributed by atoms with E-state index < -0.39 is 17.6 Å². The molecule has 1 aliphatic carbocycles. The van der Waals surface area contributed by atoms with Crippen molar-refractivity contribution < 1.29 is 19.8 Å². The van der Waals surface area contributed by atoms with E-state index in [0.717, 1.165) is 12.8 Å². The monoisotopic (exact) mass is 429 g/mol. The lowest BCUT2D eigenvalue weighted by atomic mass is 9.83. The molecule has 0 bridgehead atoms. The Balaban J connectivity index is 2.17. The summed E-state index contributed by atoms with van der Waals surface area (Å²) in [5, 5.41) is 24.4. The van der Waals surface area contributed by atoms with E-state index in [1.807, 2.05) is 6.92 Å². The highest BCUT2D eigenvalue weighted by atomic mass is 79.9. The molecule has 27 heavy (non-hydrogen) atoms. The molecule has 1 unspecified atom stereocenters. The zero-order valence-electron chi connectivity index (χ0n) is 14.8. The van der Waals surface area contributed by atoms with E-state index in [0.29, 0.717) is 22.1 Å². The summed E-state index contributed by atoms with van der Waals surface area (Å²) in [5.41, 5.74) is 0.897. The summed E-state index contributed by atoms with van der Waals surface area (Å²) in [6.07, 6.45) is 1.78. The third-order valence-corrected chi connectivity index (χ3v) is 5.09. The van der Waals surface area contributed by atoms with Gasteiger partial charge in [-0.2, -0.15) is 0 Å². The molecule has 0 saturated carbocycles. The molecule has 0 saturated heterocycles. The number of phenolic OH excluding ortho intramolecular Hbond substituents is 1. The highest BCUT2D eigenvalue weighted by Gasteiger charge is 2.38. The summed E-state index contributed by atoms with van der Waals surface area (Å²) in [6.45, 7) is 2.60. The number of phenols is 1. The molecular formula is C21H20BrNO4. The van der Waals surface area contributed by atoms with Gasteiger partial charge in [0.1, 0.15) is 11.5 Å². The SMILES string of the molecule is CCCCNC(C1=C(O)c2ccccc2C(=O)C1=O)c1cc(Br)ccc1O. The smallest absolute Gasteiger partial charge is 0.235 e. The molecule has 1 atom stereocenters. The molecule has 5 nitrogen and oxygen atoms in total. The number of aromatic hydroxyl groups is 1. The normalized spacial score (nSPS) is 15.0. The Morgan fingerprint density at radius 2 is 1.74 bits per heavy atom. The molecule has 0 aromatic heterocycles. The molecule has 0 heterocycles. The molecule has 3 N–H and O–H groups in total. The Labute approximate surface area is 165 Å². The molecule has 0 amide bonds. The number of unbranched alkanes of at least 4 members (excludes halogenated alkanes) is 1. The van der Waals surface area contributed by atoms with Crippen LogP contribution in [-0.4, -0.2) is 28.3 Å². The Bertz CT molecular complexity index is 936. The second-order valence-electron chi connectivity index (χ2n) is 6.41. The predicted octanol–water partition coefficient (Wildman–Crippen LogP) is 4.32. The minimum Gasteiger partial charge on any atom is -0.508 e. The summed E-state index contributed by atoms with van der Waals surface area (Å²) in [5.74, 6) is -1.68. The lowest BCUT2D eigenvalue weighted by molar-refractivity contribution is -0.112. The van der Waals surface area contributed by atoms with Gasteiger partial charge in [0, 0.05) is 21.2 Å². The maximum atomic E-state index is 12.8. The average molecular weight is 430 g/mol. The van der Waals surface area contributed by atoms with Crippen LogP contribution < -0.4 is 5.32 Å². The number of hydrogen-bond donors (Lipinski definition) is 3. The molecular weight excluding hydrogens is 410 g/mol. The van der Waals surface area contributed by atoms with Crippen LogP contribution in [0, 0.1) is 0 Å². The molecule has 0 radical (unpaired) electrons. The zero-order valence-corrected chi connectivity index (χ0v) is 16.4. The van der Waals surface area contributed by atoms with Crippen LogP contribution >= 0.6 is 15.9 Å². The van der Waals surface area contributed by atoms with Gasteiger partial charge in [0.2, 0.25) is 11.6 Å². The van der Waals surface area contributed by atoms with Crippen LogP contribution in [0.1, 0.15) is 47.3 Å². The van der Waals surface area contributed by atoms with Gasteiger partial charge in [-0.1, -0.05) is 53.5 Å². The number of Topliss-reactive ketones (excluding diaryl/α,β-unsaturated/α-hetero) is 2.